The first-order chi connectivity index (χ1) is 34.6. The van der Waals surface area contributed by atoms with Gasteiger partial charge in [0.2, 0.25) is 0 Å². The number of fused-ring (bicyclic) bond motifs is 10. The van der Waals surface area contributed by atoms with E-state index in [0.29, 0.717) is 0 Å². The van der Waals surface area contributed by atoms with Crippen LogP contribution in [0, 0.1) is 34.6 Å². The predicted molar refractivity (Wildman–Crippen MR) is 309 cm³/mol. The first kappa shape index (κ1) is 44.2. The van der Waals surface area contributed by atoms with Crippen molar-refractivity contribution in [2.24, 2.45) is 0 Å². The van der Waals surface area contributed by atoms with Crippen LogP contribution in [0.4, 0.5) is 34.1 Å². The van der Waals surface area contributed by atoms with Gasteiger partial charge in [-0.1, -0.05) is 145 Å². The summed E-state index contributed by atoms with van der Waals surface area (Å²) >= 11 is 0. The number of rotatable bonds is 4. The molecule has 0 N–H and O–H groups in total. The van der Waals surface area contributed by atoms with Crippen LogP contribution in [0.3, 0.4) is 0 Å². The summed E-state index contributed by atoms with van der Waals surface area (Å²) < 4.78 is 9.22. The molecule has 0 saturated heterocycles. The number of para-hydroxylation sites is 5. The van der Waals surface area contributed by atoms with Crippen molar-refractivity contribution >= 4 is 101 Å². The Hall–Kier alpha value is -7.76. The maximum atomic E-state index is 6.66. The molecule has 0 unspecified atom stereocenters. The van der Waals surface area contributed by atoms with Crippen molar-refractivity contribution < 1.29 is 4.42 Å². The summed E-state index contributed by atoms with van der Waals surface area (Å²) in [6.07, 6.45) is 0. The van der Waals surface area contributed by atoms with Crippen molar-refractivity contribution in [3.05, 3.63) is 203 Å². The monoisotopic (exact) mass is 933 g/mol. The van der Waals surface area contributed by atoms with Crippen LogP contribution >= 0.6 is 0 Å². The lowest BCUT2D eigenvalue weighted by molar-refractivity contribution is 0.586. The molecule has 11 aromatic rings. The second kappa shape index (κ2) is 15.6. The number of furan rings is 1. The van der Waals surface area contributed by atoms with Crippen molar-refractivity contribution in [3.8, 4) is 16.8 Å². The largest absolute Gasteiger partial charge is 0.455 e. The average Bonchev–Trinajstić information content (AvgIpc) is 3.89. The molecule has 0 atom stereocenters. The van der Waals surface area contributed by atoms with E-state index in [4.69, 9.17) is 4.42 Å². The summed E-state index contributed by atoms with van der Waals surface area (Å²) in [6.45, 7) is 25.6. The Balaban J connectivity index is 1.17. The molecule has 72 heavy (non-hydrogen) atoms. The summed E-state index contributed by atoms with van der Waals surface area (Å²) in [5.74, 6) is 0. The Morgan fingerprint density at radius 2 is 1.08 bits per heavy atom. The van der Waals surface area contributed by atoms with Gasteiger partial charge in [0.05, 0.1) is 22.4 Å². The van der Waals surface area contributed by atoms with Gasteiger partial charge in [0.15, 0.2) is 0 Å². The average molecular weight is 934 g/mol. The quantitative estimate of drug-likeness (QED) is 0.164. The van der Waals surface area contributed by atoms with Crippen LogP contribution < -0.4 is 26.2 Å². The van der Waals surface area contributed by atoms with Crippen LogP contribution in [-0.2, 0) is 10.8 Å². The van der Waals surface area contributed by atoms with E-state index in [-0.39, 0.29) is 17.5 Å². The second-order valence-electron chi connectivity index (χ2n) is 22.8. The molecule has 0 bridgehead atoms. The number of anilines is 6. The lowest BCUT2D eigenvalue weighted by atomic mass is 9.33. The van der Waals surface area contributed by atoms with Gasteiger partial charge < -0.3 is 18.8 Å². The van der Waals surface area contributed by atoms with Crippen LogP contribution in [-0.4, -0.2) is 11.3 Å². The van der Waals surface area contributed by atoms with Gasteiger partial charge in [0, 0.05) is 55.5 Å². The van der Waals surface area contributed by atoms with Gasteiger partial charge in [-0.05, 0) is 167 Å². The Morgan fingerprint density at radius 3 is 1.79 bits per heavy atom. The molecule has 4 nitrogen and oxygen atoms in total. The van der Waals surface area contributed by atoms with Crippen molar-refractivity contribution in [1.82, 2.24) is 4.57 Å². The Kier molecular flexibility index (Phi) is 9.59. The summed E-state index contributed by atoms with van der Waals surface area (Å²) in [6, 6.07) is 61.7. The molecule has 2 aromatic heterocycles. The smallest absolute Gasteiger partial charge is 0.252 e. The van der Waals surface area contributed by atoms with Gasteiger partial charge >= 0.3 is 0 Å². The van der Waals surface area contributed by atoms with Crippen molar-refractivity contribution in [2.45, 2.75) is 87.0 Å². The molecule has 5 heteroatoms. The number of hydrogen-bond donors (Lipinski definition) is 0. The molecule has 0 amide bonds. The van der Waals surface area contributed by atoms with Crippen LogP contribution in [0.25, 0.3) is 60.6 Å². The molecule has 2 aliphatic rings. The minimum Gasteiger partial charge on any atom is -0.455 e. The first-order valence-electron chi connectivity index (χ1n) is 25.7. The van der Waals surface area contributed by atoms with E-state index in [2.05, 4.69) is 254 Å². The highest BCUT2D eigenvalue weighted by Gasteiger charge is 2.46. The second-order valence-corrected chi connectivity index (χ2v) is 22.8. The molecule has 0 radical (unpaired) electrons. The summed E-state index contributed by atoms with van der Waals surface area (Å²) in [5, 5.41) is 4.78. The molecule has 9 aromatic carbocycles. The molecule has 4 heterocycles. The minimum atomic E-state index is -0.153. The van der Waals surface area contributed by atoms with Gasteiger partial charge in [-0.25, -0.2) is 0 Å². The zero-order valence-corrected chi connectivity index (χ0v) is 43.4. The Bertz CT molecular complexity index is 4040. The molecule has 13 rings (SSSR count). The number of benzene rings is 9. The zero-order chi connectivity index (χ0) is 49.7. The minimum absolute atomic E-state index is 0.0580. The fourth-order valence-electron chi connectivity index (χ4n) is 12.9. The fourth-order valence-corrected chi connectivity index (χ4v) is 12.9. The molecule has 0 spiro atoms. The third kappa shape index (κ3) is 6.38. The van der Waals surface area contributed by atoms with E-state index in [0.717, 1.165) is 33.1 Å². The van der Waals surface area contributed by atoms with Crippen LogP contribution in [0.2, 0.25) is 0 Å². The van der Waals surface area contributed by atoms with Gasteiger partial charge in [0.25, 0.3) is 6.71 Å². The highest BCUT2D eigenvalue weighted by molar-refractivity contribution is 7.00. The summed E-state index contributed by atoms with van der Waals surface area (Å²) in [4.78, 5) is 5.27. The van der Waals surface area contributed by atoms with Gasteiger partial charge in [-0.15, -0.1) is 0 Å². The maximum absolute atomic E-state index is 6.66. The number of hydrogen-bond acceptors (Lipinski definition) is 3. The van der Waals surface area contributed by atoms with Crippen molar-refractivity contribution in [2.75, 3.05) is 9.80 Å². The number of aryl methyl sites for hydroxylation is 4. The van der Waals surface area contributed by atoms with E-state index in [1.54, 1.807) is 0 Å². The molecular weight excluding hydrogens is 874 g/mol. The molecule has 0 saturated carbocycles. The topological polar surface area (TPSA) is 24.6 Å². The predicted octanol–water partition coefficient (Wildman–Crippen LogP) is 16.6. The van der Waals surface area contributed by atoms with Crippen LogP contribution in [0.15, 0.2) is 168 Å². The van der Waals surface area contributed by atoms with E-state index in [1.165, 1.54) is 117 Å². The van der Waals surface area contributed by atoms with E-state index >= 15 is 0 Å². The van der Waals surface area contributed by atoms with E-state index in [1.807, 2.05) is 0 Å². The Labute approximate surface area is 424 Å². The van der Waals surface area contributed by atoms with Crippen molar-refractivity contribution in [1.29, 1.82) is 0 Å². The number of nitrogens with zero attached hydrogens (tertiary/aromatic N) is 3. The highest BCUT2D eigenvalue weighted by atomic mass is 16.3. The van der Waals surface area contributed by atoms with E-state index in [9.17, 15) is 0 Å². The molecule has 352 valence electrons. The fraction of sp³-hybridized carbons (Fsp3) is 0.194. The van der Waals surface area contributed by atoms with Crippen LogP contribution in [0.5, 0.6) is 0 Å². The highest BCUT2D eigenvalue weighted by Crippen LogP contribution is 2.51. The third-order valence-corrected chi connectivity index (χ3v) is 16.1. The molecule has 0 fully saturated rings. The van der Waals surface area contributed by atoms with Crippen LogP contribution in [0.1, 0.15) is 80.5 Å². The van der Waals surface area contributed by atoms with Crippen molar-refractivity contribution in [3.63, 3.8) is 0 Å². The standard InChI is InChI=1S/C67H60BN3O/c1-39-21-19-22-40(2)62(39)70-55-29-17-15-25-48(55)51-37-57-54(38-56(51)70)68-53-32-31-52(67(9,10)11)43(5)64(53)69(46-23-13-12-14-24-46)58-35-45(66(6,7)8)36-59(61(58)68)71(57)63-41(3)33-44(34-42(63)4)47-27-20-28-50-49-26-16-18-30-60(49)72-65(47)50/h12-38H,1-11H3. The molecular formula is C67H60BN3O. The van der Waals surface area contributed by atoms with Gasteiger partial charge in [0.1, 0.15) is 11.2 Å². The van der Waals surface area contributed by atoms with Gasteiger partial charge in [-0.2, -0.15) is 0 Å². The summed E-state index contributed by atoms with van der Waals surface area (Å²) in [5.41, 5.74) is 27.8. The van der Waals surface area contributed by atoms with E-state index < -0.39 is 0 Å². The Morgan fingerprint density at radius 1 is 0.444 bits per heavy atom. The first-order valence-corrected chi connectivity index (χ1v) is 25.7. The summed E-state index contributed by atoms with van der Waals surface area (Å²) in [7, 11) is 0. The molecule has 0 aliphatic carbocycles. The molecule has 2 aliphatic heterocycles. The maximum Gasteiger partial charge on any atom is 0.252 e. The lowest BCUT2D eigenvalue weighted by Crippen LogP contribution is -2.62. The third-order valence-electron chi connectivity index (χ3n) is 16.1. The SMILES string of the molecule is Cc1cc(-c2cccc3c2oc2ccccc23)cc(C)c1N1c2cc3c4ccccc4n(-c4c(C)cccc4C)c3cc2B2c3ccc(C(C)(C)C)c(C)c3N(c3ccccc3)c3cc(C(C)(C)C)cc1c32. The number of aromatic nitrogens is 1. The van der Waals surface area contributed by atoms with Gasteiger partial charge in [-0.3, -0.25) is 0 Å². The lowest BCUT2D eigenvalue weighted by Gasteiger charge is -2.46. The normalized spacial score (nSPS) is 13.4. The zero-order valence-electron chi connectivity index (χ0n) is 43.4.